The second-order valence-corrected chi connectivity index (χ2v) is 5.02. The van der Waals surface area contributed by atoms with Crippen LogP contribution in [0.15, 0.2) is 17.0 Å². The van der Waals surface area contributed by atoms with Gasteiger partial charge in [-0.25, -0.2) is 18.4 Å². The van der Waals surface area contributed by atoms with Gasteiger partial charge >= 0.3 is 0 Å². The van der Waals surface area contributed by atoms with Crippen LogP contribution in [0.25, 0.3) is 0 Å². The summed E-state index contributed by atoms with van der Waals surface area (Å²) in [7, 11) is -3.52. The molecule has 0 unspecified atom stereocenters. The zero-order valence-electron chi connectivity index (χ0n) is 7.01. The van der Waals surface area contributed by atoms with Crippen LogP contribution in [-0.4, -0.2) is 35.9 Å². The molecule has 1 aromatic rings. The number of rotatable bonds is 4. The summed E-state index contributed by atoms with van der Waals surface area (Å²) in [5.74, 6) is -0.230. The van der Waals surface area contributed by atoms with Crippen LogP contribution in [0.2, 0.25) is 0 Å². The Morgan fingerprint density at radius 1 is 1.43 bits per heavy atom. The minimum atomic E-state index is -3.52. The number of aromatic nitrogens is 2. The van der Waals surface area contributed by atoms with E-state index in [0.717, 1.165) is 0 Å². The van der Waals surface area contributed by atoms with Gasteiger partial charge in [0.05, 0.1) is 24.8 Å². The van der Waals surface area contributed by atoms with E-state index in [1.54, 1.807) is 0 Å². The average molecular weight is 282 g/mol. The van der Waals surface area contributed by atoms with E-state index in [1.165, 1.54) is 12.4 Å². The van der Waals surface area contributed by atoms with Gasteiger partial charge in [-0.1, -0.05) is 0 Å². The molecule has 1 rings (SSSR count). The van der Waals surface area contributed by atoms with Crippen molar-refractivity contribution in [2.75, 3.05) is 17.1 Å². The fraction of sp³-hybridized carbons (Fsp3) is 0.333. The molecule has 0 fully saturated rings. The van der Waals surface area contributed by atoms with E-state index in [2.05, 4.69) is 30.6 Å². The van der Waals surface area contributed by atoms with Gasteiger partial charge < -0.3 is 5.11 Å². The van der Waals surface area contributed by atoms with Gasteiger partial charge in [0, 0.05) is 0 Å². The molecule has 14 heavy (non-hydrogen) atoms. The van der Waals surface area contributed by atoms with Crippen molar-refractivity contribution in [1.82, 2.24) is 9.97 Å². The Balaban J connectivity index is 2.74. The van der Waals surface area contributed by atoms with E-state index in [0.29, 0.717) is 4.60 Å². The van der Waals surface area contributed by atoms with Crippen molar-refractivity contribution >= 4 is 31.8 Å². The zero-order valence-corrected chi connectivity index (χ0v) is 9.42. The van der Waals surface area contributed by atoms with Crippen molar-refractivity contribution in [1.29, 1.82) is 0 Å². The first kappa shape index (κ1) is 11.3. The van der Waals surface area contributed by atoms with Crippen LogP contribution in [0.1, 0.15) is 0 Å². The van der Waals surface area contributed by atoms with E-state index >= 15 is 0 Å². The summed E-state index contributed by atoms with van der Waals surface area (Å²) in [5.41, 5.74) is 0. The lowest BCUT2D eigenvalue weighted by atomic mass is 10.7. The Morgan fingerprint density at radius 3 is 2.64 bits per heavy atom. The summed E-state index contributed by atoms with van der Waals surface area (Å²) in [6.07, 6.45) is 2.65. The summed E-state index contributed by atoms with van der Waals surface area (Å²) >= 11 is 3.06. The summed E-state index contributed by atoms with van der Waals surface area (Å²) in [5, 5.41) is 8.46. The van der Waals surface area contributed by atoms with Crippen LogP contribution in [0.4, 0.5) is 5.82 Å². The Bertz CT molecular complexity index is 391. The molecule has 0 aromatic carbocycles. The third-order valence-electron chi connectivity index (χ3n) is 1.24. The van der Waals surface area contributed by atoms with Gasteiger partial charge in [0.15, 0.2) is 5.82 Å². The summed E-state index contributed by atoms with van der Waals surface area (Å²) in [6, 6.07) is 0. The van der Waals surface area contributed by atoms with E-state index < -0.39 is 16.6 Å². The molecule has 8 heteroatoms. The lowest BCUT2D eigenvalue weighted by Crippen LogP contribution is -2.19. The smallest absolute Gasteiger partial charge is 0.236 e. The first-order valence-electron chi connectivity index (χ1n) is 3.62. The van der Waals surface area contributed by atoms with Crippen LogP contribution < -0.4 is 4.72 Å². The summed E-state index contributed by atoms with van der Waals surface area (Å²) in [6.45, 7) is -0.431. The molecule has 2 N–H and O–H groups in total. The van der Waals surface area contributed by atoms with E-state index in [-0.39, 0.29) is 11.6 Å². The maximum Gasteiger partial charge on any atom is 0.236 e. The zero-order chi connectivity index (χ0) is 10.6. The highest BCUT2D eigenvalue weighted by atomic mass is 79.9. The van der Waals surface area contributed by atoms with Crippen molar-refractivity contribution in [3.63, 3.8) is 0 Å². The molecule has 0 atom stereocenters. The van der Waals surface area contributed by atoms with Gasteiger partial charge in [-0.05, 0) is 15.9 Å². The molecule has 78 valence electrons. The van der Waals surface area contributed by atoms with Crippen molar-refractivity contribution in [2.45, 2.75) is 0 Å². The molecule has 1 heterocycles. The molecule has 0 saturated carbocycles. The number of aliphatic hydroxyl groups excluding tert-OH is 1. The number of hydrogen-bond donors (Lipinski definition) is 2. The van der Waals surface area contributed by atoms with Crippen molar-refractivity contribution in [3.05, 3.63) is 17.0 Å². The molecule has 0 aliphatic heterocycles. The maximum atomic E-state index is 11.1. The summed E-state index contributed by atoms with van der Waals surface area (Å²) < 4.78 is 24.9. The van der Waals surface area contributed by atoms with Crippen LogP contribution in [0.3, 0.4) is 0 Å². The fourth-order valence-corrected chi connectivity index (χ4v) is 1.67. The third-order valence-corrected chi connectivity index (χ3v) is 2.89. The highest BCUT2D eigenvalue weighted by Crippen LogP contribution is 2.07. The molecule has 0 aliphatic rings. The lowest BCUT2D eigenvalue weighted by molar-refractivity contribution is 0.320. The summed E-state index contributed by atoms with van der Waals surface area (Å²) in [4.78, 5) is 7.55. The lowest BCUT2D eigenvalue weighted by Gasteiger charge is -2.04. The monoisotopic (exact) mass is 281 g/mol. The van der Waals surface area contributed by atoms with Crippen LogP contribution >= 0.6 is 15.9 Å². The topological polar surface area (TPSA) is 92.2 Å². The average Bonchev–Trinajstić information content (AvgIpc) is 2.08. The van der Waals surface area contributed by atoms with Gasteiger partial charge in [-0.3, -0.25) is 4.72 Å². The molecule has 0 saturated heterocycles. The quantitative estimate of drug-likeness (QED) is 0.809. The Kier molecular flexibility index (Phi) is 3.78. The first-order chi connectivity index (χ1) is 6.53. The normalized spacial score (nSPS) is 11.3. The number of hydrogen-bond acceptors (Lipinski definition) is 5. The number of halogens is 1. The highest BCUT2D eigenvalue weighted by molar-refractivity contribution is 9.10. The van der Waals surface area contributed by atoms with Gasteiger partial charge in [0.2, 0.25) is 10.0 Å². The van der Waals surface area contributed by atoms with Crippen molar-refractivity contribution in [3.8, 4) is 0 Å². The molecule has 6 nitrogen and oxygen atoms in total. The molecule has 0 bridgehead atoms. The standard InChI is InChI=1S/C6H8BrN3O3S/c7-5-3-9-6(4-8-5)10-14(12,13)2-1-11/h3-4,11H,1-2H2,(H,9,10). The molecule has 1 aromatic heterocycles. The predicted octanol–water partition coefficient (Wildman–Crippen LogP) is -0.0269. The van der Waals surface area contributed by atoms with Gasteiger partial charge in [-0.15, -0.1) is 0 Å². The van der Waals surface area contributed by atoms with Crippen molar-refractivity contribution < 1.29 is 13.5 Å². The molecule has 0 aliphatic carbocycles. The minimum Gasteiger partial charge on any atom is -0.395 e. The molecular weight excluding hydrogens is 274 g/mol. The number of anilines is 1. The van der Waals surface area contributed by atoms with Gasteiger partial charge in [0.1, 0.15) is 4.60 Å². The second kappa shape index (κ2) is 4.67. The van der Waals surface area contributed by atoms with Crippen molar-refractivity contribution in [2.24, 2.45) is 0 Å². The maximum absolute atomic E-state index is 11.1. The molecular formula is C6H8BrN3O3S. The number of sulfonamides is 1. The number of nitrogens with zero attached hydrogens (tertiary/aromatic N) is 2. The first-order valence-corrected chi connectivity index (χ1v) is 6.07. The highest BCUT2D eigenvalue weighted by Gasteiger charge is 2.09. The minimum absolute atomic E-state index is 0.127. The SMILES string of the molecule is O=S(=O)(CCO)Nc1cnc(Br)cn1. The number of aliphatic hydroxyl groups is 1. The van der Waals surface area contributed by atoms with Gasteiger partial charge in [0.25, 0.3) is 0 Å². The molecule has 0 amide bonds. The van der Waals surface area contributed by atoms with E-state index in [1.807, 2.05) is 0 Å². The Hall–Kier alpha value is -0.730. The fourth-order valence-electron chi connectivity index (χ4n) is 0.696. The van der Waals surface area contributed by atoms with Gasteiger partial charge in [-0.2, -0.15) is 0 Å². The van der Waals surface area contributed by atoms with Crippen LogP contribution in [0, 0.1) is 0 Å². The predicted molar refractivity (Wildman–Crippen MR) is 54.2 cm³/mol. The molecule has 0 radical (unpaired) electrons. The van der Waals surface area contributed by atoms with Crippen LogP contribution in [-0.2, 0) is 10.0 Å². The number of nitrogens with one attached hydrogen (secondary N) is 1. The van der Waals surface area contributed by atoms with E-state index in [9.17, 15) is 8.42 Å². The Morgan fingerprint density at radius 2 is 2.14 bits per heavy atom. The molecule has 0 spiro atoms. The second-order valence-electron chi connectivity index (χ2n) is 2.37. The van der Waals surface area contributed by atoms with Crippen LogP contribution in [0.5, 0.6) is 0 Å². The third kappa shape index (κ3) is 3.56. The Labute approximate surface area is 89.6 Å². The van der Waals surface area contributed by atoms with E-state index in [4.69, 9.17) is 5.11 Å². The largest absolute Gasteiger partial charge is 0.395 e.